The summed E-state index contributed by atoms with van der Waals surface area (Å²) in [5.41, 5.74) is 9.72. The molecule has 7 nitrogen and oxygen atoms in total. The third kappa shape index (κ3) is 7.70. The van der Waals surface area contributed by atoms with Gasteiger partial charge in [0, 0.05) is 42.8 Å². The fourth-order valence-electron chi connectivity index (χ4n) is 4.77. The largest absolute Gasteiger partial charge is 0.461 e. The van der Waals surface area contributed by atoms with Gasteiger partial charge in [-0.25, -0.2) is 13.8 Å². The Morgan fingerprint density at radius 1 is 0.814 bits per heavy atom. The number of nitrogens with zero attached hydrogens (tertiary/aromatic N) is 2. The lowest BCUT2D eigenvalue weighted by molar-refractivity contribution is 0.0489. The Kier molecular flexibility index (Phi) is 10.2. The van der Waals surface area contributed by atoms with Gasteiger partial charge < -0.3 is 24.2 Å². The fraction of sp³-hybridized carbons (Fsp3) is 0.235. The number of carbonyl (C=O) groups excluding carboxylic acids is 1. The fourth-order valence-corrected chi connectivity index (χ4v) is 4.77. The van der Waals surface area contributed by atoms with Gasteiger partial charge in [-0.15, -0.1) is 0 Å². The lowest BCUT2D eigenvalue weighted by Crippen LogP contribution is -2.12. The van der Waals surface area contributed by atoms with Gasteiger partial charge in [0.2, 0.25) is 0 Å². The molecule has 0 radical (unpaired) electrons. The van der Waals surface area contributed by atoms with Crippen LogP contribution in [0.3, 0.4) is 0 Å². The number of nitrogens with two attached hydrogens (primary N) is 1. The maximum absolute atomic E-state index is 13.9. The van der Waals surface area contributed by atoms with Gasteiger partial charge in [-0.1, -0.05) is 24.3 Å². The predicted octanol–water partition coefficient (Wildman–Crippen LogP) is 6.76. The van der Waals surface area contributed by atoms with E-state index in [1.54, 1.807) is 36.6 Å². The van der Waals surface area contributed by atoms with E-state index in [0.29, 0.717) is 80.8 Å². The summed E-state index contributed by atoms with van der Waals surface area (Å²) >= 11 is 0. The Hall–Kier alpha value is -4.44. The number of benzene rings is 3. The van der Waals surface area contributed by atoms with Gasteiger partial charge >= 0.3 is 0 Å². The molecule has 0 atom stereocenters. The van der Waals surface area contributed by atoms with Crippen molar-refractivity contribution >= 4 is 5.78 Å². The maximum Gasteiger partial charge on any atom is 0.177 e. The van der Waals surface area contributed by atoms with Crippen molar-refractivity contribution in [2.75, 3.05) is 33.0 Å². The van der Waals surface area contributed by atoms with Crippen LogP contribution in [0, 0.1) is 11.6 Å². The van der Waals surface area contributed by atoms with E-state index in [-0.39, 0.29) is 17.4 Å². The van der Waals surface area contributed by atoms with Crippen LogP contribution in [0.1, 0.15) is 28.8 Å². The SMILES string of the molecule is NCCOCCOCCCC(=O)c1ccc(Cn2c(-c3ccco3)nc(-c3ccc(F)cc3)c2-c2ccc(F)cc2)cc1. The molecule has 2 heterocycles. The van der Waals surface area contributed by atoms with Gasteiger partial charge in [0.1, 0.15) is 11.6 Å². The molecule has 2 aromatic heterocycles. The minimum atomic E-state index is -0.354. The molecular formula is C34H33F2N3O4. The summed E-state index contributed by atoms with van der Waals surface area (Å²) in [6.45, 7) is 2.82. The number of Topliss-reactive ketones (excluding diaryl/α,β-unsaturated/α-hetero) is 1. The first-order valence-corrected chi connectivity index (χ1v) is 14.2. The van der Waals surface area contributed by atoms with Crippen LogP contribution in [0.25, 0.3) is 34.1 Å². The van der Waals surface area contributed by atoms with Crippen LogP contribution in [0.5, 0.6) is 0 Å². The van der Waals surface area contributed by atoms with Crippen molar-refractivity contribution in [2.45, 2.75) is 19.4 Å². The monoisotopic (exact) mass is 585 g/mol. The van der Waals surface area contributed by atoms with Crippen molar-refractivity contribution in [3.05, 3.63) is 114 Å². The molecular weight excluding hydrogens is 552 g/mol. The second kappa shape index (κ2) is 14.6. The van der Waals surface area contributed by atoms with E-state index >= 15 is 0 Å². The van der Waals surface area contributed by atoms with Crippen molar-refractivity contribution in [3.63, 3.8) is 0 Å². The van der Waals surface area contributed by atoms with Crippen molar-refractivity contribution in [2.24, 2.45) is 5.73 Å². The molecule has 43 heavy (non-hydrogen) atoms. The second-order valence-electron chi connectivity index (χ2n) is 9.95. The number of ketones is 1. The summed E-state index contributed by atoms with van der Waals surface area (Å²) in [5.74, 6) is 0.452. The van der Waals surface area contributed by atoms with Crippen molar-refractivity contribution < 1.29 is 27.5 Å². The smallest absolute Gasteiger partial charge is 0.177 e. The molecule has 9 heteroatoms. The number of carbonyl (C=O) groups is 1. The highest BCUT2D eigenvalue weighted by Crippen LogP contribution is 2.37. The maximum atomic E-state index is 13.9. The highest BCUT2D eigenvalue weighted by atomic mass is 19.1. The van der Waals surface area contributed by atoms with E-state index in [0.717, 1.165) is 16.8 Å². The highest BCUT2D eigenvalue weighted by molar-refractivity contribution is 5.96. The van der Waals surface area contributed by atoms with Gasteiger partial charge in [0.25, 0.3) is 0 Å². The number of imidazole rings is 1. The van der Waals surface area contributed by atoms with Gasteiger partial charge in [-0.05, 0) is 72.6 Å². The lowest BCUT2D eigenvalue weighted by atomic mass is 10.0. The molecule has 0 aliphatic heterocycles. The zero-order chi connectivity index (χ0) is 30.0. The summed E-state index contributed by atoms with van der Waals surface area (Å²) in [7, 11) is 0. The number of rotatable bonds is 15. The Morgan fingerprint density at radius 3 is 2.09 bits per heavy atom. The van der Waals surface area contributed by atoms with Crippen LogP contribution in [0.2, 0.25) is 0 Å². The van der Waals surface area contributed by atoms with Crippen LogP contribution < -0.4 is 5.73 Å². The number of ether oxygens (including phenoxy) is 2. The number of aromatic nitrogens is 2. The zero-order valence-electron chi connectivity index (χ0n) is 23.7. The standard InChI is InChI=1S/C34H33F2N3O4/c35-28-13-9-26(10-14-28)32-33(27-11-15-29(36)16-12-27)39(34(38-32)31-4-2-19-43-31)23-24-5-7-25(8-6-24)30(40)3-1-18-41-21-22-42-20-17-37/h2,4-16,19H,1,3,17-18,20-23,37H2. The van der Waals surface area contributed by atoms with Crippen LogP contribution in [0.4, 0.5) is 8.78 Å². The first-order valence-electron chi connectivity index (χ1n) is 14.2. The molecule has 0 bridgehead atoms. The Morgan fingerprint density at radius 2 is 1.47 bits per heavy atom. The molecule has 0 aliphatic rings. The molecule has 0 spiro atoms. The number of furan rings is 1. The molecule has 0 saturated heterocycles. The second-order valence-corrected chi connectivity index (χ2v) is 9.95. The lowest BCUT2D eigenvalue weighted by Gasteiger charge is -2.13. The molecule has 0 aliphatic carbocycles. The van der Waals surface area contributed by atoms with Gasteiger partial charge in [0.05, 0.1) is 37.5 Å². The van der Waals surface area contributed by atoms with Crippen LogP contribution in [-0.2, 0) is 16.0 Å². The minimum absolute atomic E-state index is 0.0408. The van der Waals surface area contributed by atoms with E-state index < -0.39 is 0 Å². The predicted molar refractivity (Wildman–Crippen MR) is 161 cm³/mol. The molecule has 3 aromatic carbocycles. The summed E-state index contributed by atoms with van der Waals surface area (Å²) in [6, 6.07) is 23.4. The molecule has 2 N–H and O–H groups in total. The Balaban J connectivity index is 1.39. The van der Waals surface area contributed by atoms with Gasteiger partial charge in [-0.2, -0.15) is 0 Å². The number of hydrogen-bond acceptors (Lipinski definition) is 6. The number of hydrogen-bond donors (Lipinski definition) is 1. The van der Waals surface area contributed by atoms with E-state index in [4.69, 9.17) is 24.6 Å². The molecule has 0 fully saturated rings. The van der Waals surface area contributed by atoms with E-state index in [1.807, 2.05) is 34.9 Å². The van der Waals surface area contributed by atoms with Crippen LogP contribution in [0.15, 0.2) is 95.6 Å². The molecule has 0 unspecified atom stereocenters. The quantitative estimate of drug-likeness (QED) is 0.108. The first-order chi connectivity index (χ1) is 21.0. The molecule has 0 amide bonds. The molecule has 0 saturated carbocycles. The molecule has 5 aromatic rings. The van der Waals surface area contributed by atoms with E-state index in [1.165, 1.54) is 24.3 Å². The van der Waals surface area contributed by atoms with Crippen LogP contribution in [-0.4, -0.2) is 48.3 Å². The van der Waals surface area contributed by atoms with Crippen molar-refractivity contribution in [1.82, 2.24) is 9.55 Å². The van der Waals surface area contributed by atoms with E-state index in [9.17, 15) is 13.6 Å². The Bertz CT molecular complexity index is 1600. The van der Waals surface area contributed by atoms with Gasteiger partial charge in [-0.3, -0.25) is 4.79 Å². The highest BCUT2D eigenvalue weighted by Gasteiger charge is 2.23. The average Bonchev–Trinajstić information content (AvgIpc) is 3.68. The van der Waals surface area contributed by atoms with Crippen molar-refractivity contribution in [1.29, 1.82) is 0 Å². The normalized spacial score (nSPS) is 11.2. The van der Waals surface area contributed by atoms with Crippen LogP contribution >= 0.6 is 0 Å². The summed E-state index contributed by atoms with van der Waals surface area (Å²) in [4.78, 5) is 17.7. The molecule has 222 valence electrons. The van der Waals surface area contributed by atoms with Crippen molar-refractivity contribution in [3.8, 4) is 34.1 Å². The third-order valence-electron chi connectivity index (χ3n) is 6.89. The third-order valence-corrected chi connectivity index (χ3v) is 6.89. The topological polar surface area (TPSA) is 92.5 Å². The summed E-state index contributed by atoms with van der Waals surface area (Å²) < 4.78 is 46.2. The summed E-state index contributed by atoms with van der Waals surface area (Å²) in [6.07, 6.45) is 2.57. The zero-order valence-corrected chi connectivity index (χ0v) is 23.7. The average molecular weight is 586 g/mol. The minimum Gasteiger partial charge on any atom is -0.461 e. The first kappa shape index (κ1) is 30.0. The summed E-state index contributed by atoms with van der Waals surface area (Å²) in [5, 5.41) is 0. The van der Waals surface area contributed by atoms with Gasteiger partial charge in [0.15, 0.2) is 17.4 Å². The van der Waals surface area contributed by atoms with E-state index in [2.05, 4.69) is 0 Å². The molecule has 5 rings (SSSR count). The number of halogens is 2. The Labute approximate surface area is 248 Å².